The van der Waals surface area contributed by atoms with Crippen LogP contribution in [0.1, 0.15) is 81.1 Å². The molecule has 3 fully saturated rings. The van der Waals surface area contributed by atoms with E-state index < -0.39 is 33.5 Å². The number of rotatable bonds is 3. The van der Waals surface area contributed by atoms with E-state index >= 15 is 0 Å². The largest absolute Gasteiger partial charge is 0.405 e. The molecule has 0 radical (unpaired) electrons. The molecule has 0 unspecified atom stereocenters. The fraction of sp³-hybridized carbons (Fsp3) is 0.720. The van der Waals surface area contributed by atoms with Gasteiger partial charge in [-0.25, -0.2) is 4.94 Å². The Kier molecular flexibility index (Phi) is 5.47. The van der Waals surface area contributed by atoms with Gasteiger partial charge in [-0.15, -0.1) is 5.06 Å². The van der Waals surface area contributed by atoms with Crippen molar-refractivity contribution in [1.29, 1.82) is 0 Å². The fourth-order valence-corrected chi connectivity index (χ4v) is 7.13. The maximum Gasteiger partial charge on any atom is 0.254 e. The molecule has 33 heavy (non-hydrogen) atoms. The average molecular weight is 461 g/mol. The van der Waals surface area contributed by atoms with Gasteiger partial charge in [0.2, 0.25) is 0 Å². The molecule has 0 aliphatic carbocycles. The maximum atomic E-state index is 13.6. The van der Waals surface area contributed by atoms with Crippen LogP contribution in [0.2, 0.25) is 0 Å². The Hall–Kier alpha value is -1.71. The lowest BCUT2D eigenvalue weighted by molar-refractivity contribution is -0.321. The molecule has 3 aliphatic heterocycles. The van der Waals surface area contributed by atoms with E-state index in [1.54, 1.807) is 5.06 Å². The van der Waals surface area contributed by atoms with E-state index in [4.69, 9.17) is 20.4 Å². The van der Waals surface area contributed by atoms with E-state index in [1.165, 1.54) is 0 Å². The van der Waals surface area contributed by atoms with Crippen LogP contribution < -0.4 is 16.1 Å². The quantitative estimate of drug-likeness (QED) is 0.665. The van der Waals surface area contributed by atoms with Crippen LogP contribution in [0.5, 0.6) is 5.75 Å². The number of para-hydroxylation sites is 1. The molecule has 3 heterocycles. The molecule has 8 nitrogen and oxygen atoms in total. The highest BCUT2D eigenvalue weighted by molar-refractivity contribution is 5.88. The van der Waals surface area contributed by atoms with Crippen LogP contribution in [0.3, 0.4) is 0 Å². The van der Waals surface area contributed by atoms with Crippen LogP contribution in [0, 0.1) is 0 Å². The third kappa shape index (κ3) is 4.06. The van der Waals surface area contributed by atoms with Crippen molar-refractivity contribution in [3.8, 4) is 5.75 Å². The number of ether oxygens (including phenoxy) is 1. The van der Waals surface area contributed by atoms with E-state index in [1.807, 2.05) is 58.0 Å². The Labute approximate surface area is 197 Å². The van der Waals surface area contributed by atoms with Gasteiger partial charge in [-0.3, -0.25) is 4.79 Å². The van der Waals surface area contributed by atoms with Crippen molar-refractivity contribution < 1.29 is 19.3 Å². The topological polar surface area (TPSA) is 89.3 Å². The van der Waals surface area contributed by atoms with Crippen LogP contribution in [0.25, 0.3) is 0 Å². The van der Waals surface area contributed by atoms with Gasteiger partial charge in [0.25, 0.3) is 5.91 Å². The second kappa shape index (κ2) is 7.39. The number of benzene rings is 1. The summed E-state index contributed by atoms with van der Waals surface area (Å²) in [4.78, 5) is 25.2. The maximum absolute atomic E-state index is 13.6. The molecule has 0 bridgehead atoms. The molecule has 0 atom stereocenters. The van der Waals surface area contributed by atoms with E-state index in [2.05, 4.69) is 38.1 Å². The molecule has 2 spiro atoms. The van der Waals surface area contributed by atoms with Gasteiger partial charge in [0.05, 0.1) is 11.1 Å². The predicted molar refractivity (Wildman–Crippen MR) is 125 cm³/mol. The summed E-state index contributed by atoms with van der Waals surface area (Å²) in [5, 5.41) is 7.14. The van der Waals surface area contributed by atoms with E-state index in [-0.39, 0.29) is 5.91 Å². The number of nitrogens with zero attached hydrogens (tertiary/aromatic N) is 2. The highest BCUT2D eigenvalue weighted by Crippen LogP contribution is 2.54. The summed E-state index contributed by atoms with van der Waals surface area (Å²) in [6, 6.07) is 9.81. The minimum absolute atomic E-state index is 0.0515. The molecular weight excluding hydrogens is 420 g/mol. The monoisotopic (exact) mass is 460 g/mol. The molecule has 1 aromatic rings. The number of carbonyl (C=O) groups excluding carboxylic acids is 1. The third-order valence-electron chi connectivity index (χ3n) is 7.26. The van der Waals surface area contributed by atoms with E-state index in [0.29, 0.717) is 25.7 Å². The first kappa shape index (κ1) is 24.4. The summed E-state index contributed by atoms with van der Waals surface area (Å²) in [7, 11) is 0. The first-order valence-electron chi connectivity index (χ1n) is 11.8. The molecule has 0 saturated carbocycles. The summed E-state index contributed by atoms with van der Waals surface area (Å²) in [6.07, 6.45) is 2.17. The highest BCUT2D eigenvalue weighted by Gasteiger charge is 2.67. The highest BCUT2D eigenvalue weighted by atomic mass is 16.8. The molecule has 3 N–H and O–H groups in total. The summed E-state index contributed by atoms with van der Waals surface area (Å²) < 4.78 is 6.90. The Bertz CT molecular complexity index is 876. The van der Waals surface area contributed by atoms with Crippen LogP contribution in [0.4, 0.5) is 0 Å². The van der Waals surface area contributed by atoms with Gasteiger partial charge in [-0.2, -0.15) is 11.0 Å². The Balaban J connectivity index is 1.64. The molecular formula is C25H40N4O4. The Morgan fingerprint density at radius 1 is 0.818 bits per heavy atom. The lowest BCUT2D eigenvalue weighted by atomic mass is 9.72. The number of amides is 1. The van der Waals surface area contributed by atoms with Gasteiger partial charge in [0.15, 0.2) is 5.60 Å². The van der Waals surface area contributed by atoms with Crippen molar-refractivity contribution in [1.82, 2.24) is 15.4 Å². The second-order valence-corrected chi connectivity index (χ2v) is 12.6. The lowest BCUT2D eigenvalue weighted by Crippen LogP contribution is -2.69. The first-order valence-corrected chi connectivity index (χ1v) is 11.8. The number of hydrogen-bond acceptors (Lipinski definition) is 7. The standard InChI is InChI=1S/C25H40N4O4/c1-20(2)14-24(15-21(3,4)29(20)33-26)19(30)27-25(32-24)16-22(5,6)28(23(7,8)17-25)31-18-12-10-9-11-13-18/h9-13H,14-17,26H2,1-8H3,(H,27,30). The van der Waals surface area contributed by atoms with Crippen LogP contribution >= 0.6 is 0 Å². The van der Waals surface area contributed by atoms with Crippen molar-refractivity contribution in [2.75, 3.05) is 0 Å². The zero-order valence-corrected chi connectivity index (χ0v) is 21.3. The zero-order valence-electron chi connectivity index (χ0n) is 21.3. The van der Waals surface area contributed by atoms with Gasteiger partial charge in [-0.05, 0) is 67.5 Å². The molecule has 3 aliphatic rings. The van der Waals surface area contributed by atoms with Crippen molar-refractivity contribution in [3.05, 3.63) is 30.3 Å². The number of nitrogens with one attached hydrogen (secondary N) is 1. The SMILES string of the molecule is CC1(C)CC2(CC(C)(C)N1ON)OC1(CC(C)(C)N(Oc3ccccc3)C(C)(C)C1)NC2=O. The summed E-state index contributed by atoms with van der Waals surface area (Å²) in [5.74, 6) is 6.37. The zero-order chi connectivity index (χ0) is 24.5. The molecule has 8 heteroatoms. The summed E-state index contributed by atoms with van der Waals surface area (Å²) >= 11 is 0. The number of nitrogens with two attached hydrogens (primary N) is 1. The van der Waals surface area contributed by atoms with Crippen molar-refractivity contribution >= 4 is 5.91 Å². The third-order valence-corrected chi connectivity index (χ3v) is 7.26. The molecule has 3 saturated heterocycles. The smallest absolute Gasteiger partial charge is 0.254 e. The number of carbonyl (C=O) groups is 1. The molecule has 1 amide bonds. The predicted octanol–water partition coefficient (Wildman–Crippen LogP) is 3.67. The van der Waals surface area contributed by atoms with Gasteiger partial charge in [0.1, 0.15) is 11.5 Å². The number of hydrogen-bond donors (Lipinski definition) is 2. The molecule has 184 valence electrons. The first-order chi connectivity index (χ1) is 15.1. The van der Waals surface area contributed by atoms with Crippen LogP contribution in [-0.4, -0.2) is 49.5 Å². The van der Waals surface area contributed by atoms with E-state index in [9.17, 15) is 4.79 Å². The fourth-order valence-electron chi connectivity index (χ4n) is 7.13. The van der Waals surface area contributed by atoms with Crippen LogP contribution in [-0.2, 0) is 14.5 Å². The number of hydroxylamine groups is 4. The minimum atomic E-state index is -0.948. The Morgan fingerprint density at radius 3 is 1.79 bits per heavy atom. The van der Waals surface area contributed by atoms with Gasteiger partial charge in [0, 0.05) is 36.8 Å². The van der Waals surface area contributed by atoms with E-state index in [0.717, 1.165) is 5.75 Å². The van der Waals surface area contributed by atoms with Crippen LogP contribution in [0.15, 0.2) is 30.3 Å². The van der Waals surface area contributed by atoms with Crippen molar-refractivity contribution in [3.63, 3.8) is 0 Å². The lowest BCUT2D eigenvalue weighted by Gasteiger charge is -2.58. The number of piperidine rings is 2. The Morgan fingerprint density at radius 2 is 1.30 bits per heavy atom. The van der Waals surface area contributed by atoms with Crippen molar-refractivity contribution in [2.45, 2.75) is 115 Å². The average Bonchev–Trinajstić information content (AvgIpc) is 2.85. The second-order valence-electron chi connectivity index (χ2n) is 12.6. The van der Waals surface area contributed by atoms with Gasteiger partial charge < -0.3 is 14.9 Å². The van der Waals surface area contributed by atoms with Crippen molar-refractivity contribution in [2.24, 2.45) is 5.90 Å². The molecule has 1 aromatic carbocycles. The molecule has 0 aromatic heterocycles. The molecule has 4 rings (SSSR count). The normalized spacial score (nSPS) is 29.2. The minimum Gasteiger partial charge on any atom is -0.405 e. The summed E-state index contributed by atoms with van der Waals surface area (Å²) in [5.41, 5.74) is -3.50. The van der Waals surface area contributed by atoms with Gasteiger partial charge in [-0.1, -0.05) is 18.2 Å². The van der Waals surface area contributed by atoms with Gasteiger partial charge >= 0.3 is 0 Å². The summed E-state index contributed by atoms with van der Waals surface area (Å²) in [6.45, 7) is 16.7.